The predicted octanol–water partition coefficient (Wildman–Crippen LogP) is 1.56. The first-order chi connectivity index (χ1) is 10.6. The molecule has 2 N–H and O–H groups in total. The van der Waals surface area contributed by atoms with Crippen LogP contribution in [0.5, 0.6) is 0 Å². The molecule has 1 aliphatic rings. The van der Waals surface area contributed by atoms with E-state index in [2.05, 4.69) is 6.07 Å². The van der Waals surface area contributed by atoms with Gasteiger partial charge < -0.3 is 5.73 Å². The second-order valence-electron chi connectivity index (χ2n) is 5.38. The maximum absolute atomic E-state index is 12.8. The van der Waals surface area contributed by atoms with Gasteiger partial charge in [0.25, 0.3) is 11.1 Å². The van der Waals surface area contributed by atoms with E-state index in [1.165, 1.54) is 4.68 Å². The Morgan fingerprint density at radius 3 is 2.45 bits per heavy atom. The Morgan fingerprint density at radius 1 is 1.23 bits per heavy atom. The topological polar surface area (TPSA) is 93.8 Å². The zero-order chi connectivity index (χ0) is 15.9. The zero-order valence-corrected chi connectivity index (χ0v) is 12.2. The van der Waals surface area contributed by atoms with E-state index in [-0.39, 0.29) is 16.9 Å². The standard InChI is InChI=1S/C16H16N4O2/c1-2-3-8-13-12(9-17)14(18)20-16(22)11-7-5-4-6-10(11)15(21)19(13)20/h4-7,13H,2-3,8,18H2,1H3. The van der Waals surface area contributed by atoms with Crippen LogP contribution in [-0.4, -0.2) is 9.36 Å². The molecule has 22 heavy (non-hydrogen) atoms. The first kappa shape index (κ1) is 14.1. The number of allylic oxidation sites excluding steroid dienone is 1. The summed E-state index contributed by atoms with van der Waals surface area (Å²) >= 11 is 0. The highest BCUT2D eigenvalue weighted by Crippen LogP contribution is 2.30. The molecule has 1 atom stereocenters. The Kier molecular flexibility index (Phi) is 3.33. The molecular formula is C16H16N4O2. The number of benzene rings is 1. The van der Waals surface area contributed by atoms with Crippen LogP contribution >= 0.6 is 0 Å². The van der Waals surface area contributed by atoms with Crippen LogP contribution in [0.1, 0.15) is 32.2 Å². The summed E-state index contributed by atoms with van der Waals surface area (Å²) in [5, 5.41) is 10.1. The van der Waals surface area contributed by atoms with Crippen LogP contribution in [-0.2, 0) is 0 Å². The molecule has 0 spiro atoms. The van der Waals surface area contributed by atoms with Crippen molar-refractivity contribution < 1.29 is 0 Å². The maximum atomic E-state index is 12.8. The number of unbranched alkanes of at least 4 members (excludes halogenated alkanes) is 1. The number of rotatable bonds is 3. The van der Waals surface area contributed by atoms with Gasteiger partial charge in [-0.3, -0.25) is 9.59 Å². The lowest BCUT2D eigenvalue weighted by molar-refractivity contribution is 0.447. The van der Waals surface area contributed by atoms with Gasteiger partial charge in [0.05, 0.1) is 22.4 Å². The van der Waals surface area contributed by atoms with E-state index in [4.69, 9.17) is 5.73 Å². The van der Waals surface area contributed by atoms with E-state index in [0.29, 0.717) is 22.8 Å². The smallest absolute Gasteiger partial charge is 0.279 e. The van der Waals surface area contributed by atoms with Gasteiger partial charge in [-0.2, -0.15) is 9.94 Å². The Morgan fingerprint density at radius 2 is 1.86 bits per heavy atom. The molecule has 2 aromatic rings. The van der Waals surface area contributed by atoms with E-state index in [1.807, 2.05) is 6.92 Å². The lowest BCUT2D eigenvalue weighted by Gasteiger charge is -2.15. The van der Waals surface area contributed by atoms with Crippen molar-refractivity contribution in [1.29, 1.82) is 5.26 Å². The quantitative estimate of drug-likeness (QED) is 0.930. The van der Waals surface area contributed by atoms with Crippen LogP contribution in [0.15, 0.2) is 39.4 Å². The molecule has 112 valence electrons. The molecule has 1 aromatic carbocycles. The van der Waals surface area contributed by atoms with Crippen molar-refractivity contribution >= 4 is 16.6 Å². The number of aromatic nitrogens is 2. The fraction of sp³-hybridized carbons (Fsp3) is 0.312. The number of hydrogen-bond acceptors (Lipinski definition) is 4. The maximum Gasteiger partial charge on any atom is 0.279 e. The van der Waals surface area contributed by atoms with Crippen LogP contribution in [0.25, 0.3) is 16.6 Å². The average Bonchev–Trinajstić information content (AvgIpc) is 2.82. The van der Waals surface area contributed by atoms with Gasteiger partial charge >= 0.3 is 0 Å². The van der Waals surface area contributed by atoms with E-state index in [0.717, 1.165) is 17.5 Å². The molecule has 0 aliphatic carbocycles. The number of fused-ring (bicyclic) bond motifs is 2. The highest BCUT2D eigenvalue weighted by molar-refractivity contribution is 5.81. The summed E-state index contributed by atoms with van der Waals surface area (Å²) in [7, 11) is 0. The van der Waals surface area contributed by atoms with Gasteiger partial charge in [0.1, 0.15) is 11.9 Å². The molecule has 1 aromatic heterocycles. The third kappa shape index (κ3) is 1.79. The van der Waals surface area contributed by atoms with E-state index in [9.17, 15) is 14.9 Å². The summed E-state index contributed by atoms with van der Waals surface area (Å²) < 4.78 is 2.50. The minimum Gasteiger partial charge on any atom is -0.383 e. The van der Waals surface area contributed by atoms with Crippen LogP contribution in [0.2, 0.25) is 0 Å². The monoisotopic (exact) mass is 296 g/mol. The van der Waals surface area contributed by atoms with E-state index < -0.39 is 6.04 Å². The second kappa shape index (κ2) is 5.19. The van der Waals surface area contributed by atoms with Gasteiger partial charge in [0.2, 0.25) is 0 Å². The summed E-state index contributed by atoms with van der Waals surface area (Å²) in [6.45, 7) is 2.03. The summed E-state index contributed by atoms with van der Waals surface area (Å²) in [5.74, 6) is 0.0662. The normalized spacial score (nSPS) is 16.8. The summed E-state index contributed by atoms with van der Waals surface area (Å²) in [6, 6.07) is 8.26. The Hall–Kier alpha value is -2.81. The van der Waals surface area contributed by atoms with Crippen LogP contribution in [0.4, 0.5) is 0 Å². The molecule has 0 saturated carbocycles. The number of nitrogens with two attached hydrogens (primary N) is 1. The third-order valence-electron chi connectivity index (χ3n) is 4.09. The summed E-state index contributed by atoms with van der Waals surface area (Å²) in [5.41, 5.74) is 5.63. The molecule has 0 amide bonds. The van der Waals surface area contributed by atoms with Gasteiger partial charge in [-0.1, -0.05) is 31.9 Å². The Labute approximate surface area is 126 Å². The fourth-order valence-corrected chi connectivity index (χ4v) is 2.99. The van der Waals surface area contributed by atoms with Crippen molar-refractivity contribution in [2.24, 2.45) is 5.73 Å². The Bertz CT molecular complexity index is 943. The second-order valence-corrected chi connectivity index (χ2v) is 5.38. The van der Waals surface area contributed by atoms with Crippen molar-refractivity contribution in [3.05, 3.63) is 50.5 Å². The Balaban J connectivity index is 2.39. The molecule has 0 saturated heterocycles. The average molecular weight is 296 g/mol. The molecule has 0 radical (unpaired) electrons. The zero-order valence-electron chi connectivity index (χ0n) is 12.2. The van der Waals surface area contributed by atoms with Gasteiger partial charge in [0, 0.05) is 0 Å². The summed E-state index contributed by atoms with van der Waals surface area (Å²) in [4.78, 5) is 25.4. The lowest BCUT2D eigenvalue weighted by atomic mass is 10.0. The molecule has 6 nitrogen and oxygen atoms in total. The first-order valence-electron chi connectivity index (χ1n) is 7.28. The highest BCUT2D eigenvalue weighted by Gasteiger charge is 2.32. The third-order valence-corrected chi connectivity index (χ3v) is 4.09. The van der Waals surface area contributed by atoms with Crippen molar-refractivity contribution in [2.45, 2.75) is 32.2 Å². The molecule has 2 heterocycles. The predicted molar refractivity (Wildman–Crippen MR) is 84.0 cm³/mol. The van der Waals surface area contributed by atoms with Crippen molar-refractivity contribution in [2.75, 3.05) is 0 Å². The molecule has 3 rings (SSSR count). The molecule has 1 aliphatic heterocycles. The minimum absolute atomic E-state index is 0.0662. The van der Waals surface area contributed by atoms with E-state index >= 15 is 0 Å². The molecular weight excluding hydrogens is 280 g/mol. The van der Waals surface area contributed by atoms with Gasteiger partial charge in [-0.15, -0.1) is 0 Å². The molecule has 0 bridgehead atoms. The largest absolute Gasteiger partial charge is 0.383 e. The van der Waals surface area contributed by atoms with Crippen molar-refractivity contribution in [1.82, 2.24) is 9.36 Å². The van der Waals surface area contributed by atoms with Gasteiger partial charge in [-0.05, 0) is 18.6 Å². The SMILES string of the molecule is CCCCC1C(C#N)=C(N)n2c(=O)c3ccccc3c(=O)n21. The fourth-order valence-electron chi connectivity index (χ4n) is 2.99. The van der Waals surface area contributed by atoms with Crippen LogP contribution in [0.3, 0.4) is 0 Å². The van der Waals surface area contributed by atoms with E-state index in [1.54, 1.807) is 24.3 Å². The molecule has 1 unspecified atom stereocenters. The number of nitrogens with zero attached hydrogens (tertiary/aromatic N) is 3. The molecule has 0 fully saturated rings. The summed E-state index contributed by atoms with van der Waals surface area (Å²) in [6.07, 6.45) is 2.38. The van der Waals surface area contributed by atoms with Crippen molar-refractivity contribution in [3.8, 4) is 6.07 Å². The van der Waals surface area contributed by atoms with Gasteiger partial charge in [-0.25, -0.2) is 4.68 Å². The number of nitriles is 1. The van der Waals surface area contributed by atoms with Crippen LogP contribution in [0, 0.1) is 11.3 Å². The minimum atomic E-state index is -0.463. The first-order valence-corrected chi connectivity index (χ1v) is 7.28. The highest BCUT2D eigenvalue weighted by atomic mass is 16.2. The molecule has 6 heteroatoms. The lowest BCUT2D eigenvalue weighted by Crippen LogP contribution is -2.37. The number of hydrogen-bond donors (Lipinski definition) is 1. The van der Waals surface area contributed by atoms with Crippen LogP contribution < -0.4 is 16.9 Å². The van der Waals surface area contributed by atoms with Gasteiger partial charge in [0.15, 0.2) is 0 Å². The van der Waals surface area contributed by atoms with Crippen molar-refractivity contribution in [3.63, 3.8) is 0 Å².